The van der Waals surface area contributed by atoms with Gasteiger partial charge in [-0.2, -0.15) is 0 Å². The molecule has 3 amide bonds. The fourth-order valence-electron chi connectivity index (χ4n) is 2.97. The van der Waals surface area contributed by atoms with Gasteiger partial charge in [-0.1, -0.05) is 57.2 Å². The van der Waals surface area contributed by atoms with Gasteiger partial charge in [0.2, 0.25) is 5.91 Å². The van der Waals surface area contributed by atoms with E-state index in [1.807, 2.05) is 51.1 Å². The fraction of sp³-hybridized carbons (Fsp3) is 0.318. The average Bonchev–Trinajstić information content (AvgIpc) is 3.22. The molecule has 1 aliphatic rings. The number of amides is 3. The van der Waals surface area contributed by atoms with Crippen molar-refractivity contribution >= 4 is 23.4 Å². The van der Waals surface area contributed by atoms with Crippen LogP contribution >= 0.6 is 0 Å². The summed E-state index contributed by atoms with van der Waals surface area (Å²) in [5.74, 6) is -0.964. The highest BCUT2D eigenvalue weighted by atomic mass is 16.2. The normalized spacial score (nSPS) is 18.5. The summed E-state index contributed by atoms with van der Waals surface area (Å²) in [6.07, 6.45) is 0.556. The molecule has 2 atom stereocenters. The van der Waals surface area contributed by atoms with Crippen molar-refractivity contribution in [2.75, 3.05) is 5.32 Å². The van der Waals surface area contributed by atoms with Crippen LogP contribution < -0.4 is 27.0 Å². The minimum absolute atomic E-state index is 0.0146. The Bertz CT molecular complexity index is 924. The van der Waals surface area contributed by atoms with Crippen molar-refractivity contribution in [3.8, 4) is 0 Å². The average molecular weight is 409 g/mol. The summed E-state index contributed by atoms with van der Waals surface area (Å²) in [6, 6.07) is 15.9. The maximum absolute atomic E-state index is 12.4. The third kappa shape index (κ3) is 5.43. The molecule has 0 spiro atoms. The lowest BCUT2D eigenvalue weighted by molar-refractivity contribution is -0.124. The van der Waals surface area contributed by atoms with Crippen LogP contribution in [0.4, 0.5) is 5.69 Å². The quantitative estimate of drug-likeness (QED) is 0.496. The fourth-order valence-corrected chi connectivity index (χ4v) is 2.97. The standard InChI is InChI=1S/C22H27N5O3/c1-22(2,3)21(30)23-16-11-7-10-15(12-16)19(28)26-27-20(29)18-13-17(24-25-18)14-8-5-4-6-9-14/h4-12,17-18,24-25H,13H2,1-3H3,(H,23,30)(H,26,28)(H,27,29). The Labute approximate surface area is 175 Å². The Morgan fingerprint density at radius 1 is 0.933 bits per heavy atom. The summed E-state index contributed by atoms with van der Waals surface area (Å²) < 4.78 is 0. The third-order valence-electron chi connectivity index (χ3n) is 4.78. The first kappa shape index (κ1) is 21.5. The number of rotatable bonds is 4. The van der Waals surface area contributed by atoms with Crippen LogP contribution in [0.15, 0.2) is 54.6 Å². The van der Waals surface area contributed by atoms with Crippen LogP contribution in [0.3, 0.4) is 0 Å². The summed E-state index contributed by atoms with van der Waals surface area (Å²) in [6.45, 7) is 5.42. The van der Waals surface area contributed by atoms with Gasteiger partial charge in [0, 0.05) is 22.7 Å². The molecule has 0 bridgehead atoms. The smallest absolute Gasteiger partial charge is 0.269 e. The summed E-state index contributed by atoms with van der Waals surface area (Å²) in [5.41, 5.74) is 12.3. The third-order valence-corrected chi connectivity index (χ3v) is 4.78. The van der Waals surface area contributed by atoms with Gasteiger partial charge in [0.05, 0.1) is 0 Å². The lowest BCUT2D eigenvalue weighted by Gasteiger charge is -2.18. The molecule has 158 valence electrons. The molecule has 0 aromatic heterocycles. The van der Waals surface area contributed by atoms with Gasteiger partial charge in [-0.3, -0.25) is 25.2 Å². The summed E-state index contributed by atoms with van der Waals surface area (Å²) in [4.78, 5) is 36.9. The predicted octanol–water partition coefficient (Wildman–Crippen LogP) is 2.04. The first-order valence-electron chi connectivity index (χ1n) is 9.82. The maximum atomic E-state index is 12.4. The lowest BCUT2D eigenvalue weighted by atomic mass is 9.95. The van der Waals surface area contributed by atoms with Gasteiger partial charge in [0.15, 0.2) is 0 Å². The zero-order valence-electron chi connectivity index (χ0n) is 17.3. The van der Waals surface area contributed by atoms with E-state index in [0.717, 1.165) is 5.56 Å². The van der Waals surface area contributed by atoms with Gasteiger partial charge in [-0.05, 0) is 30.2 Å². The summed E-state index contributed by atoms with van der Waals surface area (Å²) in [7, 11) is 0. The van der Waals surface area contributed by atoms with Crippen LogP contribution in [0.25, 0.3) is 0 Å². The van der Waals surface area contributed by atoms with Crippen molar-refractivity contribution in [2.24, 2.45) is 5.41 Å². The lowest BCUT2D eigenvalue weighted by Crippen LogP contribution is -2.50. The monoisotopic (exact) mass is 409 g/mol. The van der Waals surface area contributed by atoms with Gasteiger partial charge in [0.1, 0.15) is 6.04 Å². The van der Waals surface area contributed by atoms with Gasteiger partial charge >= 0.3 is 0 Å². The van der Waals surface area contributed by atoms with Crippen LogP contribution in [0.1, 0.15) is 49.2 Å². The van der Waals surface area contributed by atoms with E-state index in [-0.39, 0.29) is 17.9 Å². The number of carbonyl (C=O) groups excluding carboxylic acids is 3. The molecule has 8 nitrogen and oxygen atoms in total. The SMILES string of the molecule is CC(C)(C)C(=O)Nc1cccc(C(=O)NNC(=O)C2CC(c3ccccc3)NN2)c1. The van der Waals surface area contributed by atoms with E-state index in [0.29, 0.717) is 17.7 Å². The molecule has 0 aliphatic carbocycles. The van der Waals surface area contributed by atoms with Crippen LogP contribution in [-0.4, -0.2) is 23.8 Å². The summed E-state index contributed by atoms with van der Waals surface area (Å²) in [5, 5.41) is 2.78. The summed E-state index contributed by atoms with van der Waals surface area (Å²) >= 11 is 0. The highest BCUT2D eigenvalue weighted by molar-refractivity contribution is 5.99. The van der Waals surface area contributed by atoms with Crippen molar-refractivity contribution in [3.63, 3.8) is 0 Å². The van der Waals surface area contributed by atoms with Crippen molar-refractivity contribution in [2.45, 2.75) is 39.3 Å². The van der Waals surface area contributed by atoms with E-state index in [9.17, 15) is 14.4 Å². The van der Waals surface area contributed by atoms with E-state index in [1.165, 1.54) is 0 Å². The zero-order valence-corrected chi connectivity index (χ0v) is 17.3. The van der Waals surface area contributed by atoms with Gasteiger partial charge in [-0.15, -0.1) is 0 Å². The van der Waals surface area contributed by atoms with Crippen molar-refractivity contribution in [3.05, 3.63) is 65.7 Å². The van der Waals surface area contributed by atoms with E-state index < -0.39 is 17.4 Å². The van der Waals surface area contributed by atoms with Crippen molar-refractivity contribution < 1.29 is 14.4 Å². The molecule has 1 heterocycles. The molecule has 30 heavy (non-hydrogen) atoms. The molecule has 0 radical (unpaired) electrons. The van der Waals surface area contributed by atoms with E-state index in [1.54, 1.807) is 24.3 Å². The van der Waals surface area contributed by atoms with Gasteiger partial charge in [0.25, 0.3) is 11.8 Å². The Hall–Kier alpha value is -3.23. The molecule has 2 unspecified atom stereocenters. The zero-order chi connectivity index (χ0) is 21.7. The van der Waals surface area contributed by atoms with Crippen molar-refractivity contribution in [1.29, 1.82) is 0 Å². The number of hydrogen-bond acceptors (Lipinski definition) is 5. The van der Waals surface area contributed by atoms with E-state index in [4.69, 9.17) is 0 Å². The van der Waals surface area contributed by atoms with Crippen molar-refractivity contribution in [1.82, 2.24) is 21.7 Å². The minimum atomic E-state index is -0.549. The second-order valence-corrected chi connectivity index (χ2v) is 8.27. The highest BCUT2D eigenvalue weighted by Crippen LogP contribution is 2.22. The van der Waals surface area contributed by atoms with Crippen LogP contribution in [-0.2, 0) is 9.59 Å². The van der Waals surface area contributed by atoms with Crippen LogP contribution in [0.2, 0.25) is 0 Å². The molecule has 3 rings (SSSR count). The highest BCUT2D eigenvalue weighted by Gasteiger charge is 2.30. The second kappa shape index (κ2) is 9.06. The van der Waals surface area contributed by atoms with Crippen LogP contribution in [0.5, 0.6) is 0 Å². The number of carbonyl (C=O) groups is 3. The first-order chi connectivity index (χ1) is 14.2. The largest absolute Gasteiger partial charge is 0.326 e. The molecule has 1 saturated heterocycles. The van der Waals surface area contributed by atoms with E-state index >= 15 is 0 Å². The molecule has 5 N–H and O–H groups in total. The molecular weight excluding hydrogens is 382 g/mol. The maximum Gasteiger partial charge on any atom is 0.269 e. The first-order valence-corrected chi connectivity index (χ1v) is 9.82. The molecule has 1 fully saturated rings. The Morgan fingerprint density at radius 3 is 2.37 bits per heavy atom. The number of hydrazine groups is 2. The Balaban J connectivity index is 1.52. The van der Waals surface area contributed by atoms with Crippen LogP contribution in [0, 0.1) is 5.41 Å². The predicted molar refractivity (Wildman–Crippen MR) is 114 cm³/mol. The number of hydrogen-bond donors (Lipinski definition) is 5. The molecule has 1 aliphatic heterocycles. The van der Waals surface area contributed by atoms with E-state index in [2.05, 4.69) is 27.0 Å². The van der Waals surface area contributed by atoms with Gasteiger partial charge in [-0.25, -0.2) is 10.9 Å². The topological polar surface area (TPSA) is 111 Å². The second-order valence-electron chi connectivity index (χ2n) is 8.27. The number of nitrogens with one attached hydrogen (secondary N) is 5. The number of anilines is 1. The molecular formula is C22H27N5O3. The Morgan fingerprint density at radius 2 is 1.67 bits per heavy atom. The van der Waals surface area contributed by atoms with Gasteiger partial charge < -0.3 is 5.32 Å². The molecule has 2 aromatic rings. The molecule has 0 saturated carbocycles. The number of benzene rings is 2. The molecule has 8 heteroatoms. The minimum Gasteiger partial charge on any atom is -0.326 e. The Kier molecular flexibility index (Phi) is 6.49. The molecule has 2 aromatic carbocycles.